The van der Waals surface area contributed by atoms with Crippen molar-refractivity contribution in [3.05, 3.63) is 95.1 Å². The van der Waals surface area contributed by atoms with Crippen LogP contribution in [0, 0.1) is 6.92 Å². The van der Waals surface area contributed by atoms with E-state index in [1.807, 2.05) is 55.5 Å². The first-order chi connectivity index (χ1) is 16.5. The van der Waals surface area contributed by atoms with Gasteiger partial charge in [0.1, 0.15) is 12.4 Å². The summed E-state index contributed by atoms with van der Waals surface area (Å²) < 4.78 is 5.99. The van der Waals surface area contributed by atoms with Gasteiger partial charge in [0.15, 0.2) is 0 Å². The van der Waals surface area contributed by atoms with Crippen LogP contribution in [0.3, 0.4) is 0 Å². The first kappa shape index (κ1) is 25.0. The number of anilines is 1. The van der Waals surface area contributed by atoms with Crippen molar-refractivity contribution in [2.75, 3.05) is 31.6 Å². The highest BCUT2D eigenvalue weighted by Gasteiger charge is 2.12. The van der Waals surface area contributed by atoms with Crippen LogP contribution < -0.4 is 15.4 Å². The second-order valence-electron chi connectivity index (χ2n) is 8.02. The Morgan fingerprint density at radius 1 is 0.853 bits per heavy atom. The number of rotatable bonds is 11. The molecule has 178 valence electrons. The summed E-state index contributed by atoms with van der Waals surface area (Å²) >= 11 is 0. The van der Waals surface area contributed by atoms with Crippen LogP contribution in [0.5, 0.6) is 5.75 Å². The molecule has 0 atom stereocenters. The van der Waals surface area contributed by atoms with Gasteiger partial charge in [-0.1, -0.05) is 56.3 Å². The number of hydrogen-bond donors (Lipinski definition) is 2. The number of benzene rings is 3. The molecule has 0 aliphatic heterocycles. The van der Waals surface area contributed by atoms with Gasteiger partial charge >= 0.3 is 0 Å². The van der Waals surface area contributed by atoms with Gasteiger partial charge in [-0.2, -0.15) is 0 Å². The predicted molar refractivity (Wildman–Crippen MR) is 136 cm³/mol. The van der Waals surface area contributed by atoms with Crippen molar-refractivity contribution in [2.24, 2.45) is 0 Å². The summed E-state index contributed by atoms with van der Waals surface area (Å²) in [5.41, 5.74) is 3.46. The molecule has 0 saturated heterocycles. The Balaban J connectivity index is 1.62. The molecule has 0 unspecified atom stereocenters. The van der Waals surface area contributed by atoms with E-state index in [0.29, 0.717) is 30.0 Å². The molecule has 0 fully saturated rings. The Bertz CT molecular complexity index is 1100. The van der Waals surface area contributed by atoms with Crippen LogP contribution in [0.2, 0.25) is 0 Å². The van der Waals surface area contributed by atoms with Crippen LogP contribution in [0.1, 0.15) is 45.7 Å². The van der Waals surface area contributed by atoms with Crippen molar-refractivity contribution in [3.8, 4) is 5.75 Å². The first-order valence-corrected chi connectivity index (χ1v) is 11.7. The van der Waals surface area contributed by atoms with Crippen LogP contribution in [0.15, 0.2) is 72.8 Å². The molecule has 0 aliphatic carbocycles. The quantitative estimate of drug-likeness (QED) is 0.428. The number of ether oxygens (including phenoxy) is 1. The number of hydrogen-bond acceptors (Lipinski definition) is 4. The monoisotopic (exact) mass is 459 g/mol. The highest BCUT2D eigenvalue weighted by Crippen LogP contribution is 2.20. The molecular weight excluding hydrogens is 426 g/mol. The van der Waals surface area contributed by atoms with Gasteiger partial charge < -0.3 is 20.3 Å². The van der Waals surface area contributed by atoms with Crippen LogP contribution >= 0.6 is 0 Å². The SMILES string of the molecule is CCN(CC)CCOc1ccccc1CNC(=O)c1ccc(C)c(NC(=O)c2ccccc2)c1. The van der Waals surface area contributed by atoms with E-state index in [9.17, 15) is 9.59 Å². The highest BCUT2D eigenvalue weighted by molar-refractivity contribution is 6.05. The second-order valence-corrected chi connectivity index (χ2v) is 8.02. The molecule has 0 saturated carbocycles. The molecule has 3 rings (SSSR count). The Hall–Kier alpha value is -3.64. The van der Waals surface area contributed by atoms with E-state index in [2.05, 4.69) is 29.4 Å². The molecule has 0 bridgehead atoms. The van der Waals surface area contributed by atoms with Gasteiger partial charge in [0.2, 0.25) is 0 Å². The summed E-state index contributed by atoms with van der Waals surface area (Å²) in [5, 5.41) is 5.87. The van der Waals surface area contributed by atoms with Crippen molar-refractivity contribution in [2.45, 2.75) is 27.3 Å². The van der Waals surface area contributed by atoms with Gasteiger partial charge in [0.05, 0.1) is 0 Å². The van der Waals surface area contributed by atoms with Crippen molar-refractivity contribution in [1.82, 2.24) is 10.2 Å². The fraction of sp³-hybridized carbons (Fsp3) is 0.286. The molecule has 34 heavy (non-hydrogen) atoms. The van der Waals surface area contributed by atoms with E-state index >= 15 is 0 Å². The minimum Gasteiger partial charge on any atom is -0.492 e. The van der Waals surface area contributed by atoms with Crippen molar-refractivity contribution in [3.63, 3.8) is 0 Å². The molecule has 0 aliphatic rings. The first-order valence-electron chi connectivity index (χ1n) is 11.7. The Kier molecular flexibility index (Phi) is 9.23. The van der Waals surface area contributed by atoms with Gasteiger partial charge in [-0.3, -0.25) is 9.59 Å². The number of likely N-dealkylation sites (N-methyl/N-ethyl adjacent to an activating group) is 1. The van der Waals surface area contributed by atoms with E-state index in [4.69, 9.17) is 4.74 Å². The number of para-hydroxylation sites is 1. The maximum absolute atomic E-state index is 12.9. The third-order valence-corrected chi connectivity index (χ3v) is 5.76. The van der Waals surface area contributed by atoms with Crippen molar-refractivity contribution in [1.29, 1.82) is 0 Å². The number of carbonyl (C=O) groups is 2. The molecule has 2 N–H and O–H groups in total. The average molecular weight is 460 g/mol. The zero-order valence-electron chi connectivity index (χ0n) is 20.1. The Labute approximate surface area is 201 Å². The van der Waals surface area contributed by atoms with Crippen LogP contribution in [0.4, 0.5) is 5.69 Å². The molecule has 6 heteroatoms. The van der Waals surface area contributed by atoms with E-state index in [0.717, 1.165) is 36.5 Å². The third kappa shape index (κ3) is 6.93. The van der Waals surface area contributed by atoms with E-state index in [-0.39, 0.29) is 11.8 Å². The maximum atomic E-state index is 12.9. The summed E-state index contributed by atoms with van der Waals surface area (Å²) in [7, 11) is 0. The highest BCUT2D eigenvalue weighted by atomic mass is 16.5. The van der Waals surface area contributed by atoms with Gasteiger partial charge in [0, 0.05) is 35.5 Å². The maximum Gasteiger partial charge on any atom is 0.255 e. The second kappa shape index (κ2) is 12.6. The smallest absolute Gasteiger partial charge is 0.255 e. The molecule has 0 spiro atoms. The van der Waals surface area contributed by atoms with Gasteiger partial charge in [-0.05, 0) is 55.9 Å². The molecule has 3 aromatic rings. The fourth-order valence-corrected chi connectivity index (χ4v) is 3.57. The van der Waals surface area contributed by atoms with Crippen molar-refractivity contribution >= 4 is 17.5 Å². The van der Waals surface area contributed by atoms with E-state index < -0.39 is 0 Å². The molecular formula is C28H33N3O3. The predicted octanol–water partition coefficient (Wildman–Crippen LogP) is 4.90. The van der Waals surface area contributed by atoms with E-state index in [1.54, 1.807) is 24.3 Å². The molecule has 0 aromatic heterocycles. The summed E-state index contributed by atoms with van der Waals surface area (Å²) in [6, 6.07) is 22.0. The fourth-order valence-electron chi connectivity index (χ4n) is 3.57. The Morgan fingerprint density at radius 3 is 2.29 bits per heavy atom. The van der Waals surface area contributed by atoms with Gasteiger partial charge in [0.25, 0.3) is 11.8 Å². The number of nitrogens with zero attached hydrogens (tertiary/aromatic N) is 1. The molecule has 6 nitrogen and oxygen atoms in total. The lowest BCUT2D eigenvalue weighted by Crippen LogP contribution is -2.28. The van der Waals surface area contributed by atoms with Crippen LogP contribution in [0.25, 0.3) is 0 Å². The van der Waals surface area contributed by atoms with Crippen molar-refractivity contribution < 1.29 is 14.3 Å². The zero-order valence-corrected chi connectivity index (χ0v) is 20.1. The van der Waals surface area contributed by atoms with Crippen LogP contribution in [-0.4, -0.2) is 43.0 Å². The largest absolute Gasteiger partial charge is 0.492 e. The lowest BCUT2D eigenvalue weighted by Gasteiger charge is -2.19. The normalized spacial score (nSPS) is 10.7. The lowest BCUT2D eigenvalue weighted by atomic mass is 10.1. The standard InChI is InChI=1S/C28H33N3O3/c1-4-31(5-2)17-18-34-26-14-10-9-13-24(26)20-29-27(32)23-16-15-21(3)25(19-23)30-28(33)22-11-7-6-8-12-22/h6-16,19H,4-5,17-18,20H2,1-3H3,(H,29,32)(H,30,33). The number of nitrogens with one attached hydrogen (secondary N) is 2. The number of carbonyl (C=O) groups excluding carboxylic acids is 2. The van der Waals surface area contributed by atoms with Crippen LogP contribution in [-0.2, 0) is 6.54 Å². The summed E-state index contributed by atoms with van der Waals surface area (Å²) in [5.74, 6) is 0.347. The molecule has 3 aromatic carbocycles. The minimum atomic E-state index is -0.215. The Morgan fingerprint density at radius 2 is 1.56 bits per heavy atom. The summed E-state index contributed by atoms with van der Waals surface area (Å²) in [4.78, 5) is 27.7. The molecule has 0 heterocycles. The number of aryl methyl sites for hydroxylation is 1. The summed E-state index contributed by atoms with van der Waals surface area (Å²) in [6.07, 6.45) is 0. The zero-order chi connectivity index (χ0) is 24.3. The van der Waals surface area contributed by atoms with E-state index in [1.165, 1.54) is 0 Å². The molecule has 0 radical (unpaired) electrons. The number of amides is 2. The lowest BCUT2D eigenvalue weighted by molar-refractivity contribution is 0.0949. The average Bonchev–Trinajstić information content (AvgIpc) is 2.87. The third-order valence-electron chi connectivity index (χ3n) is 5.76. The van der Waals surface area contributed by atoms with Gasteiger partial charge in [-0.25, -0.2) is 0 Å². The summed E-state index contributed by atoms with van der Waals surface area (Å²) in [6.45, 7) is 9.94. The molecule has 2 amide bonds. The topological polar surface area (TPSA) is 70.7 Å². The minimum absolute atomic E-state index is 0.211. The van der Waals surface area contributed by atoms with Gasteiger partial charge in [-0.15, -0.1) is 0 Å².